The highest BCUT2D eigenvalue weighted by atomic mass is 32.2. The van der Waals surface area contributed by atoms with E-state index in [9.17, 15) is 4.39 Å². The van der Waals surface area contributed by atoms with Crippen LogP contribution in [0.15, 0.2) is 27.8 Å². The van der Waals surface area contributed by atoms with Gasteiger partial charge in [-0.15, -0.1) is 0 Å². The lowest BCUT2D eigenvalue weighted by molar-refractivity contribution is 0.431. The Bertz CT molecular complexity index is 534. The lowest BCUT2D eigenvalue weighted by Crippen LogP contribution is -1.98. The molecule has 0 aliphatic rings. The average molecular weight is 266 g/mol. The van der Waals surface area contributed by atoms with Crippen LogP contribution in [0.1, 0.15) is 22.6 Å². The summed E-state index contributed by atoms with van der Waals surface area (Å²) in [7, 11) is 0. The lowest BCUT2D eigenvalue weighted by Gasteiger charge is -2.03. The molecule has 0 radical (unpaired) electrons. The third kappa shape index (κ3) is 2.91. The number of aryl methyl sites for hydroxylation is 2. The fourth-order valence-corrected chi connectivity index (χ4v) is 2.38. The number of oxazole rings is 1. The summed E-state index contributed by atoms with van der Waals surface area (Å²) in [5.74, 6) is 1.07. The van der Waals surface area contributed by atoms with Crippen LogP contribution in [-0.4, -0.2) is 4.98 Å². The average Bonchev–Trinajstić information content (AvgIpc) is 2.67. The maximum atomic E-state index is 13.7. The first-order chi connectivity index (χ1) is 8.60. The van der Waals surface area contributed by atoms with Crippen LogP contribution in [0.4, 0.5) is 4.39 Å². The number of halogens is 1. The summed E-state index contributed by atoms with van der Waals surface area (Å²) in [6.45, 7) is 4.10. The second kappa shape index (κ2) is 5.54. The molecule has 5 heteroatoms. The Labute approximate surface area is 110 Å². The second-order valence-electron chi connectivity index (χ2n) is 4.04. The van der Waals surface area contributed by atoms with Crippen molar-refractivity contribution in [2.24, 2.45) is 5.73 Å². The molecule has 0 bridgehead atoms. The van der Waals surface area contributed by atoms with E-state index < -0.39 is 0 Å². The van der Waals surface area contributed by atoms with Crippen molar-refractivity contribution in [3.8, 4) is 0 Å². The van der Waals surface area contributed by atoms with Gasteiger partial charge in [-0.1, -0.05) is 23.9 Å². The Balaban J connectivity index is 2.06. The van der Waals surface area contributed by atoms with E-state index in [1.165, 1.54) is 17.8 Å². The van der Waals surface area contributed by atoms with Crippen LogP contribution in [0.2, 0.25) is 0 Å². The van der Waals surface area contributed by atoms with Gasteiger partial charge in [-0.2, -0.15) is 0 Å². The summed E-state index contributed by atoms with van der Waals surface area (Å²) >= 11 is 1.39. The molecule has 18 heavy (non-hydrogen) atoms. The van der Waals surface area contributed by atoms with Crippen molar-refractivity contribution in [1.82, 2.24) is 4.98 Å². The molecule has 0 amide bonds. The van der Waals surface area contributed by atoms with Crippen LogP contribution in [0.25, 0.3) is 0 Å². The maximum absolute atomic E-state index is 13.7. The zero-order valence-corrected chi connectivity index (χ0v) is 11.2. The van der Waals surface area contributed by atoms with Crippen LogP contribution in [0, 0.1) is 19.7 Å². The molecule has 0 aliphatic carbocycles. The van der Waals surface area contributed by atoms with Crippen molar-refractivity contribution in [2.75, 3.05) is 0 Å². The molecule has 0 saturated carbocycles. The molecule has 0 atom stereocenters. The molecule has 0 unspecified atom stereocenters. The molecule has 1 aromatic carbocycles. The Morgan fingerprint density at radius 1 is 1.39 bits per heavy atom. The minimum absolute atomic E-state index is 0.231. The third-order valence-electron chi connectivity index (χ3n) is 2.71. The smallest absolute Gasteiger partial charge is 0.256 e. The number of hydrogen-bond acceptors (Lipinski definition) is 4. The van der Waals surface area contributed by atoms with Crippen LogP contribution in [0.5, 0.6) is 0 Å². The molecule has 1 aromatic heterocycles. The molecule has 2 N–H and O–H groups in total. The summed E-state index contributed by atoms with van der Waals surface area (Å²) in [6, 6.07) is 5.07. The number of hydrogen-bond donors (Lipinski definition) is 1. The van der Waals surface area contributed by atoms with Crippen LogP contribution >= 0.6 is 11.8 Å². The first-order valence-corrected chi connectivity index (χ1v) is 6.63. The van der Waals surface area contributed by atoms with E-state index in [0.717, 1.165) is 17.0 Å². The van der Waals surface area contributed by atoms with Gasteiger partial charge in [0.15, 0.2) is 0 Å². The van der Waals surface area contributed by atoms with Crippen molar-refractivity contribution in [3.05, 3.63) is 46.6 Å². The van der Waals surface area contributed by atoms with Crippen molar-refractivity contribution < 1.29 is 8.81 Å². The van der Waals surface area contributed by atoms with Crippen molar-refractivity contribution >= 4 is 11.8 Å². The van der Waals surface area contributed by atoms with Gasteiger partial charge in [0.1, 0.15) is 11.6 Å². The Morgan fingerprint density at radius 2 is 2.17 bits per heavy atom. The number of benzene rings is 1. The molecule has 1 heterocycles. The van der Waals surface area contributed by atoms with Crippen molar-refractivity contribution in [2.45, 2.75) is 31.4 Å². The van der Waals surface area contributed by atoms with Gasteiger partial charge in [-0.3, -0.25) is 0 Å². The monoisotopic (exact) mass is 266 g/mol. The molecular formula is C13H15FN2OS. The molecular weight excluding hydrogens is 251 g/mol. The van der Waals surface area contributed by atoms with Gasteiger partial charge in [0.05, 0.1) is 5.69 Å². The normalized spacial score (nSPS) is 10.9. The van der Waals surface area contributed by atoms with Gasteiger partial charge < -0.3 is 10.2 Å². The SMILES string of the molecule is Cc1nc(SCc2ccc(CN)cc2F)oc1C. The molecule has 0 fully saturated rings. The second-order valence-corrected chi connectivity index (χ2v) is 4.97. The Kier molecular flexibility index (Phi) is 4.04. The van der Waals surface area contributed by atoms with Gasteiger partial charge >= 0.3 is 0 Å². The zero-order valence-electron chi connectivity index (χ0n) is 10.4. The Morgan fingerprint density at radius 3 is 2.72 bits per heavy atom. The summed E-state index contributed by atoms with van der Waals surface area (Å²) in [6.07, 6.45) is 0. The fourth-order valence-electron chi connectivity index (χ4n) is 1.48. The van der Waals surface area contributed by atoms with Crippen molar-refractivity contribution in [3.63, 3.8) is 0 Å². The topological polar surface area (TPSA) is 52.0 Å². The predicted molar refractivity (Wildman–Crippen MR) is 69.8 cm³/mol. The number of thioether (sulfide) groups is 1. The van der Waals surface area contributed by atoms with Gasteiger partial charge in [-0.25, -0.2) is 9.37 Å². The van der Waals surface area contributed by atoms with E-state index in [4.69, 9.17) is 10.2 Å². The van der Waals surface area contributed by atoms with E-state index in [0.29, 0.717) is 23.1 Å². The zero-order chi connectivity index (χ0) is 13.1. The number of aromatic nitrogens is 1. The third-order valence-corrected chi connectivity index (χ3v) is 3.59. The van der Waals surface area contributed by atoms with Gasteiger partial charge in [-0.05, 0) is 31.0 Å². The first kappa shape index (κ1) is 13.1. The highest BCUT2D eigenvalue weighted by Gasteiger charge is 2.09. The maximum Gasteiger partial charge on any atom is 0.256 e. The standard InChI is InChI=1S/C13H15FN2OS/c1-8-9(2)17-13(16-8)18-7-11-4-3-10(6-15)5-12(11)14/h3-5H,6-7,15H2,1-2H3. The van der Waals surface area contributed by atoms with E-state index in [1.807, 2.05) is 19.9 Å². The summed E-state index contributed by atoms with van der Waals surface area (Å²) in [5, 5.41) is 0.576. The number of nitrogens with two attached hydrogens (primary N) is 1. The van der Waals surface area contributed by atoms with E-state index >= 15 is 0 Å². The molecule has 0 aliphatic heterocycles. The molecule has 3 nitrogen and oxygen atoms in total. The van der Waals surface area contributed by atoms with Gasteiger partial charge in [0.2, 0.25) is 0 Å². The number of nitrogens with zero attached hydrogens (tertiary/aromatic N) is 1. The quantitative estimate of drug-likeness (QED) is 0.863. The molecule has 96 valence electrons. The fraction of sp³-hybridized carbons (Fsp3) is 0.308. The van der Waals surface area contributed by atoms with Crippen LogP contribution in [-0.2, 0) is 12.3 Å². The summed E-state index contributed by atoms with van der Waals surface area (Å²) in [4.78, 5) is 4.24. The highest BCUT2D eigenvalue weighted by molar-refractivity contribution is 7.98. The largest absolute Gasteiger partial charge is 0.437 e. The summed E-state index contributed by atoms with van der Waals surface area (Å²) < 4.78 is 19.1. The van der Waals surface area contributed by atoms with E-state index in [-0.39, 0.29) is 5.82 Å². The minimum Gasteiger partial charge on any atom is -0.437 e. The van der Waals surface area contributed by atoms with Gasteiger partial charge in [0, 0.05) is 12.3 Å². The predicted octanol–water partition coefficient (Wildman–Crippen LogP) is 3.18. The molecule has 0 saturated heterocycles. The molecule has 2 aromatic rings. The molecule has 2 rings (SSSR count). The van der Waals surface area contributed by atoms with Crippen molar-refractivity contribution in [1.29, 1.82) is 0 Å². The van der Waals surface area contributed by atoms with E-state index in [2.05, 4.69) is 4.98 Å². The van der Waals surface area contributed by atoms with Crippen LogP contribution in [0.3, 0.4) is 0 Å². The lowest BCUT2D eigenvalue weighted by atomic mass is 10.1. The molecule has 0 spiro atoms. The summed E-state index contributed by atoms with van der Waals surface area (Å²) in [5.41, 5.74) is 7.75. The first-order valence-electron chi connectivity index (χ1n) is 5.64. The minimum atomic E-state index is -0.231. The van der Waals surface area contributed by atoms with E-state index in [1.54, 1.807) is 6.07 Å². The van der Waals surface area contributed by atoms with Gasteiger partial charge in [0.25, 0.3) is 5.22 Å². The van der Waals surface area contributed by atoms with Crippen LogP contribution < -0.4 is 5.73 Å². The highest BCUT2D eigenvalue weighted by Crippen LogP contribution is 2.25. The Hall–Kier alpha value is -1.33. The number of rotatable bonds is 4.